The summed E-state index contributed by atoms with van der Waals surface area (Å²) < 4.78 is 16.1. The Morgan fingerprint density at radius 1 is 1.39 bits per heavy atom. The summed E-state index contributed by atoms with van der Waals surface area (Å²) in [5.74, 6) is -0.405. The Morgan fingerprint density at radius 2 is 2.06 bits per heavy atom. The molecule has 1 aromatic rings. The van der Waals surface area contributed by atoms with Crippen LogP contribution < -0.4 is 5.32 Å². The van der Waals surface area contributed by atoms with Gasteiger partial charge >= 0.3 is 5.97 Å². The van der Waals surface area contributed by atoms with Crippen LogP contribution in [0.2, 0.25) is 0 Å². The molecule has 0 aromatic carbocycles. The zero-order chi connectivity index (χ0) is 13.1. The van der Waals surface area contributed by atoms with E-state index >= 15 is 0 Å². The quantitative estimate of drug-likeness (QED) is 0.840. The van der Waals surface area contributed by atoms with E-state index in [9.17, 15) is 13.8 Å². The van der Waals surface area contributed by atoms with Crippen molar-refractivity contribution in [1.29, 1.82) is 0 Å². The van der Waals surface area contributed by atoms with Gasteiger partial charge in [-0.2, -0.15) is 0 Å². The number of aromatic carboxylic acids is 1. The molecule has 0 radical (unpaired) electrons. The maximum atomic E-state index is 11.8. The molecule has 0 unspecified atom stereocenters. The van der Waals surface area contributed by atoms with E-state index in [0.29, 0.717) is 24.3 Å². The Labute approximate surface area is 106 Å². The van der Waals surface area contributed by atoms with E-state index in [4.69, 9.17) is 9.52 Å². The minimum absolute atomic E-state index is 0.0147. The zero-order valence-electron chi connectivity index (χ0n) is 9.55. The van der Waals surface area contributed by atoms with Gasteiger partial charge in [-0.15, -0.1) is 0 Å². The topological polar surface area (TPSA) is 96.6 Å². The summed E-state index contributed by atoms with van der Waals surface area (Å²) in [6.45, 7) is 0. The number of amides is 1. The first-order chi connectivity index (χ1) is 8.56. The van der Waals surface area contributed by atoms with Crippen molar-refractivity contribution in [3.63, 3.8) is 0 Å². The van der Waals surface area contributed by atoms with Gasteiger partial charge in [0.2, 0.25) is 0 Å². The van der Waals surface area contributed by atoms with Crippen molar-refractivity contribution in [1.82, 2.24) is 5.32 Å². The summed E-state index contributed by atoms with van der Waals surface area (Å²) in [7, 11) is -0.775. The van der Waals surface area contributed by atoms with Gasteiger partial charge in [-0.3, -0.25) is 9.00 Å². The third-order valence-corrected chi connectivity index (χ3v) is 4.18. The van der Waals surface area contributed by atoms with E-state index in [-0.39, 0.29) is 17.4 Å². The number of nitrogens with one attached hydrogen (secondary N) is 1. The Balaban J connectivity index is 1.94. The van der Waals surface area contributed by atoms with Crippen LogP contribution >= 0.6 is 0 Å². The average Bonchev–Trinajstić information content (AvgIpc) is 2.81. The highest BCUT2D eigenvalue weighted by Crippen LogP contribution is 2.12. The highest BCUT2D eigenvalue weighted by Gasteiger charge is 2.22. The van der Waals surface area contributed by atoms with Gasteiger partial charge in [0.25, 0.3) is 5.91 Å². The van der Waals surface area contributed by atoms with Gasteiger partial charge in [0, 0.05) is 34.4 Å². The fraction of sp³-hybridized carbons (Fsp3) is 0.455. The Morgan fingerprint density at radius 3 is 2.61 bits per heavy atom. The van der Waals surface area contributed by atoms with Crippen LogP contribution in [0.15, 0.2) is 16.7 Å². The number of hydrogen-bond donors (Lipinski definition) is 2. The first-order valence-electron chi connectivity index (χ1n) is 5.54. The van der Waals surface area contributed by atoms with Gasteiger partial charge < -0.3 is 14.8 Å². The van der Waals surface area contributed by atoms with Gasteiger partial charge in [-0.25, -0.2) is 4.79 Å². The van der Waals surface area contributed by atoms with E-state index in [1.54, 1.807) is 0 Å². The third kappa shape index (κ3) is 2.98. The molecule has 0 atom stereocenters. The second-order valence-corrected chi connectivity index (χ2v) is 5.80. The normalized spacial score (nSPS) is 23.6. The number of carboxylic acids is 1. The van der Waals surface area contributed by atoms with Crippen LogP contribution in [-0.2, 0) is 10.8 Å². The van der Waals surface area contributed by atoms with Crippen LogP contribution in [0.3, 0.4) is 0 Å². The molecule has 1 aliphatic heterocycles. The number of carbonyl (C=O) groups excluding carboxylic acids is 1. The molecular formula is C11H13NO5S. The third-order valence-electron chi connectivity index (χ3n) is 2.79. The van der Waals surface area contributed by atoms with Crippen LogP contribution in [0.5, 0.6) is 0 Å². The Bertz CT molecular complexity index is 485. The van der Waals surface area contributed by atoms with Gasteiger partial charge in [-0.1, -0.05) is 0 Å². The molecule has 1 aromatic heterocycles. The largest absolute Gasteiger partial charge is 0.478 e. The number of hydrogen-bond acceptors (Lipinski definition) is 4. The molecular weight excluding hydrogens is 258 g/mol. The molecule has 0 spiro atoms. The van der Waals surface area contributed by atoms with Crippen LogP contribution in [0, 0.1) is 0 Å². The molecule has 1 aliphatic rings. The minimum atomic E-state index is -1.13. The smallest absolute Gasteiger partial charge is 0.338 e. The van der Waals surface area contributed by atoms with E-state index in [1.165, 1.54) is 6.07 Å². The van der Waals surface area contributed by atoms with Crippen molar-refractivity contribution in [2.45, 2.75) is 18.9 Å². The number of furan rings is 1. The maximum absolute atomic E-state index is 11.8. The standard InChI is InChI=1S/C11H13NO5S/c13-10(9-5-7(6-17-9)11(14)15)12-8-1-3-18(16)4-2-8/h5-6,8H,1-4H2,(H,12,13)(H,14,15). The summed E-state index contributed by atoms with van der Waals surface area (Å²) in [4.78, 5) is 22.4. The van der Waals surface area contributed by atoms with Gasteiger partial charge in [0.15, 0.2) is 5.76 Å². The molecule has 2 heterocycles. The second kappa shape index (κ2) is 5.34. The van der Waals surface area contributed by atoms with Crippen LogP contribution in [0.25, 0.3) is 0 Å². The molecule has 2 N–H and O–H groups in total. The van der Waals surface area contributed by atoms with Gasteiger partial charge in [-0.05, 0) is 12.8 Å². The molecule has 1 saturated heterocycles. The summed E-state index contributed by atoms with van der Waals surface area (Å²) in [5.41, 5.74) is -0.0510. The molecule has 7 heteroatoms. The lowest BCUT2D eigenvalue weighted by atomic mass is 10.1. The first-order valence-corrected chi connectivity index (χ1v) is 7.02. The molecule has 2 rings (SSSR count). The average molecular weight is 271 g/mol. The molecule has 0 aliphatic carbocycles. The second-order valence-electron chi connectivity index (χ2n) is 4.10. The number of carboxylic acid groups (broad SMARTS) is 1. The van der Waals surface area contributed by atoms with Crippen LogP contribution in [0.1, 0.15) is 33.8 Å². The lowest BCUT2D eigenvalue weighted by molar-refractivity contribution is 0.0695. The van der Waals surface area contributed by atoms with Crippen LogP contribution in [-0.4, -0.2) is 38.7 Å². The number of rotatable bonds is 3. The summed E-state index contributed by atoms with van der Waals surface area (Å²) >= 11 is 0. The van der Waals surface area contributed by atoms with Crippen molar-refractivity contribution in [3.05, 3.63) is 23.7 Å². The van der Waals surface area contributed by atoms with Gasteiger partial charge in [0.05, 0.1) is 5.56 Å². The van der Waals surface area contributed by atoms with Crippen molar-refractivity contribution in [3.8, 4) is 0 Å². The molecule has 1 amide bonds. The molecule has 6 nitrogen and oxygen atoms in total. The molecule has 18 heavy (non-hydrogen) atoms. The molecule has 0 saturated carbocycles. The van der Waals surface area contributed by atoms with E-state index in [0.717, 1.165) is 6.26 Å². The lowest BCUT2D eigenvalue weighted by Gasteiger charge is -2.21. The van der Waals surface area contributed by atoms with Gasteiger partial charge in [0.1, 0.15) is 6.26 Å². The highest BCUT2D eigenvalue weighted by atomic mass is 32.2. The zero-order valence-corrected chi connectivity index (χ0v) is 10.4. The summed E-state index contributed by atoms with van der Waals surface area (Å²) in [6, 6.07) is 1.17. The van der Waals surface area contributed by atoms with Crippen molar-refractivity contribution in [2.24, 2.45) is 0 Å². The predicted molar refractivity (Wildman–Crippen MR) is 64.0 cm³/mol. The fourth-order valence-electron chi connectivity index (χ4n) is 1.76. The van der Waals surface area contributed by atoms with E-state index < -0.39 is 22.7 Å². The van der Waals surface area contributed by atoms with Crippen molar-refractivity contribution < 1.29 is 23.3 Å². The SMILES string of the molecule is O=C(O)c1coc(C(=O)NC2CCS(=O)CC2)c1. The fourth-order valence-corrected chi connectivity index (χ4v) is 3.06. The van der Waals surface area contributed by atoms with Crippen LogP contribution in [0.4, 0.5) is 0 Å². The summed E-state index contributed by atoms with van der Waals surface area (Å²) in [6.07, 6.45) is 2.38. The Hall–Kier alpha value is -1.63. The monoisotopic (exact) mass is 271 g/mol. The summed E-state index contributed by atoms with van der Waals surface area (Å²) in [5, 5.41) is 11.5. The van der Waals surface area contributed by atoms with E-state index in [2.05, 4.69) is 5.32 Å². The van der Waals surface area contributed by atoms with E-state index in [1.807, 2.05) is 0 Å². The lowest BCUT2D eigenvalue weighted by Crippen LogP contribution is -2.39. The first kappa shape index (κ1) is 12.8. The molecule has 0 bridgehead atoms. The minimum Gasteiger partial charge on any atom is -0.478 e. The maximum Gasteiger partial charge on any atom is 0.338 e. The van der Waals surface area contributed by atoms with Crippen molar-refractivity contribution >= 4 is 22.7 Å². The number of carbonyl (C=O) groups is 2. The molecule has 98 valence electrons. The predicted octanol–water partition coefficient (Wildman–Crippen LogP) is 0.619. The Kier molecular flexibility index (Phi) is 3.81. The highest BCUT2D eigenvalue weighted by molar-refractivity contribution is 7.85. The van der Waals surface area contributed by atoms with Crippen molar-refractivity contribution in [2.75, 3.05) is 11.5 Å². The molecule has 1 fully saturated rings.